The first-order chi connectivity index (χ1) is 9.49. The summed E-state index contributed by atoms with van der Waals surface area (Å²) in [5, 5.41) is 13.7. The topological polar surface area (TPSA) is 101 Å². The predicted octanol–water partition coefficient (Wildman–Crippen LogP) is 0.873. The number of nitro groups is 1. The summed E-state index contributed by atoms with van der Waals surface area (Å²) in [6.45, 7) is 2.17. The minimum Gasteiger partial charge on any atom is -0.316 e. The minimum absolute atomic E-state index is 0.0480. The van der Waals surface area contributed by atoms with Crippen molar-refractivity contribution >= 4 is 15.7 Å². The van der Waals surface area contributed by atoms with Gasteiger partial charge in [-0.05, 0) is 44.0 Å². The van der Waals surface area contributed by atoms with Crippen molar-refractivity contribution in [1.29, 1.82) is 0 Å². The summed E-state index contributed by atoms with van der Waals surface area (Å²) in [5.41, 5.74) is -0.125. The van der Waals surface area contributed by atoms with Crippen molar-refractivity contribution in [2.24, 2.45) is 5.92 Å². The maximum Gasteiger partial charge on any atom is 0.269 e. The first-order valence-corrected chi connectivity index (χ1v) is 7.92. The Morgan fingerprint density at radius 2 is 2.05 bits per heavy atom. The molecule has 1 aliphatic heterocycles. The molecule has 1 fully saturated rings. The van der Waals surface area contributed by atoms with Crippen LogP contribution in [0, 0.1) is 16.0 Å². The molecule has 0 aliphatic carbocycles. The van der Waals surface area contributed by atoms with E-state index in [2.05, 4.69) is 10.0 Å². The number of piperidine rings is 1. The van der Waals surface area contributed by atoms with Crippen LogP contribution in [-0.2, 0) is 10.0 Å². The highest BCUT2D eigenvalue weighted by Crippen LogP contribution is 2.16. The summed E-state index contributed by atoms with van der Waals surface area (Å²) in [6, 6.07) is 4.88. The van der Waals surface area contributed by atoms with Crippen LogP contribution in [0.5, 0.6) is 0 Å². The Hall–Kier alpha value is -1.51. The van der Waals surface area contributed by atoms with Gasteiger partial charge in [-0.2, -0.15) is 0 Å². The van der Waals surface area contributed by atoms with Crippen molar-refractivity contribution in [3.63, 3.8) is 0 Å². The van der Waals surface area contributed by atoms with Gasteiger partial charge < -0.3 is 5.32 Å². The third-order valence-electron chi connectivity index (χ3n) is 3.32. The molecule has 20 heavy (non-hydrogen) atoms. The van der Waals surface area contributed by atoms with Crippen LogP contribution in [0.4, 0.5) is 5.69 Å². The number of rotatable bonds is 5. The van der Waals surface area contributed by atoms with Crippen molar-refractivity contribution in [3.05, 3.63) is 34.4 Å². The molecule has 0 bridgehead atoms. The molecule has 1 saturated heterocycles. The number of hydrogen-bond donors (Lipinski definition) is 2. The molecule has 1 aromatic carbocycles. The van der Waals surface area contributed by atoms with E-state index in [1.807, 2.05) is 0 Å². The molecule has 1 aliphatic rings. The van der Waals surface area contributed by atoms with Crippen LogP contribution in [0.25, 0.3) is 0 Å². The van der Waals surface area contributed by atoms with Gasteiger partial charge in [0.1, 0.15) is 0 Å². The fourth-order valence-electron chi connectivity index (χ4n) is 2.16. The molecule has 0 saturated carbocycles. The molecule has 0 amide bonds. The van der Waals surface area contributed by atoms with Gasteiger partial charge in [0.25, 0.3) is 5.69 Å². The van der Waals surface area contributed by atoms with Crippen LogP contribution in [0.3, 0.4) is 0 Å². The predicted molar refractivity (Wildman–Crippen MR) is 73.9 cm³/mol. The summed E-state index contributed by atoms with van der Waals surface area (Å²) < 4.78 is 26.7. The molecule has 0 spiro atoms. The van der Waals surface area contributed by atoms with E-state index in [0.29, 0.717) is 6.54 Å². The number of nitrogens with one attached hydrogen (secondary N) is 2. The molecule has 0 aromatic heterocycles. The van der Waals surface area contributed by atoms with Crippen LogP contribution in [-0.4, -0.2) is 33.0 Å². The fraction of sp³-hybridized carbons (Fsp3) is 0.500. The van der Waals surface area contributed by atoms with Gasteiger partial charge in [-0.1, -0.05) is 0 Å². The first-order valence-electron chi connectivity index (χ1n) is 6.44. The van der Waals surface area contributed by atoms with Gasteiger partial charge in [0, 0.05) is 18.7 Å². The zero-order valence-corrected chi connectivity index (χ0v) is 11.7. The zero-order valence-electron chi connectivity index (χ0n) is 10.9. The highest BCUT2D eigenvalue weighted by Gasteiger charge is 2.19. The van der Waals surface area contributed by atoms with Gasteiger partial charge >= 0.3 is 0 Å². The summed E-state index contributed by atoms with van der Waals surface area (Å²) in [7, 11) is -3.60. The highest BCUT2D eigenvalue weighted by atomic mass is 32.2. The lowest BCUT2D eigenvalue weighted by Crippen LogP contribution is -2.38. The van der Waals surface area contributed by atoms with E-state index in [1.165, 1.54) is 24.3 Å². The second-order valence-electron chi connectivity index (χ2n) is 4.82. The van der Waals surface area contributed by atoms with Crippen molar-refractivity contribution in [3.8, 4) is 0 Å². The summed E-state index contributed by atoms with van der Waals surface area (Å²) in [6.07, 6.45) is 2.04. The molecular weight excluding hydrogens is 282 g/mol. The third kappa shape index (κ3) is 3.75. The standard InChI is InChI=1S/C12H17N3O4S/c16-15(17)11-3-5-12(6-4-11)20(18,19)14-9-10-2-1-7-13-8-10/h3-6,10,13-14H,1-2,7-9H2. The normalized spacial score (nSPS) is 19.7. The summed E-state index contributed by atoms with van der Waals surface area (Å²) in [5.74, 6) is 0.288. The van der Waals surface area contributed by atoms with E-state index >= 15 is 0 Å². The lowest BCUT2D eigenvalue weighted by atomic mass is 10.0. The Bertz CT molecular complexity index is 565. The third-order valence-corrected chi connectivity index (χ3v) is 4.76. The molecule has 110 valence electrons. The molecule has 1 heterocycles. The van der Waals surface area contributed by atoms with Crippen LogP contribution in [0.15, 0.2) is 29.2 Å². The number of non-ortho nitro benzene ring substituents is 1. The lowest BCUT2D eigenvalue weighted by molar-refractivity contribution is -0.384. The van der Waals surface area contributed by atoms with Crippen LogP contribution >= 0.6 is 0 Å². The molecule has 1 unspecified atom stereocenters. The number of benzene rings is 1. The van der Waals surface area contributed by atoms with Gasteiger partial charge in [-0.15, -0.1) is 0 Å². The average molecular weight is 299 g/mol. The number of nitrogens with zero attached hydrogens (tertiary/aromatic N) is 1. The Balaban J connectivity index is 2.00. The van der Waals surface area contributed by atoms with Crippen LogP contribution < -0.4 is 10.0 Å². The number of hydrogen-bond acceptors (Lipinski definition) is 5. The summed E-state index contributed by atoms with van der Waals surface area (Å²) >= 11 is 0. The first kappa shape index (κ1) is 14.9. The summed E-state index contributed by atoms with van der Waals surface area (Å²) in [4.78, 5) is 10.0. The van der Waals surface area contributed by atoms with Crippen molar-refractivity contribution in [2.75, 3.05) is 19.6 Å². The molecule has 1 aromatic rings. The Morgan fingerprint density at radius 3 is 2.60 bits per heavy atom. The Morgan fingerprint density at radius 1 is 1.35 bits per heavy atom. The van der Waals surface area contributed by atoms with E-state index in [4.69, 9.17) is 0 Å². The van der Waals surface area contributed by atoms with Gasteiger partial charge in [0.2, 0.25) is 10.0 Å². The maximum atomic E-state index is 12.1. The zero-order chi connectivity index (χ0) is 14.6. The Kier molecular flexibility index (Phi) is 4.69. The largest absolute Gasteiger partial charge is 0.316 e. The van der Waals surface area contributed by atoms with Crippen molar-refractivity contribution < 1.29 is 13.3 Å². The van der Waals surface area contributed by atoms with Gasteiger partial charge in [0.05, 0.1) is 9.82 Å². The van der Waals surface area contributed by atoms with E-state index in [1.54, 1.807) is 0 Å². The monoisotopic (exact) mass is 299 g/mol. The van der Waals surface area contributed by atoms with Gasteiger partial charge in [-0.3, -0.25) is 10.1 Å². The maximum absolute atomic E-state index is 12.1. The van der Waals surface area contributed by atoms with E-state index in [0.717, 1.165) is 25.9 Å². The number of nitro benzene ring substituents is 1. The second kappa shape index (κ2) is 6.29. The van der Waals surface area contributed by atoms with E-state index in [-0.39, 0.29) is 16.5 Å². The van der Waals surface area contributed by atoms with Crippen molar-refractivity contribution in [1.82, 2.24) is 10.0 Å². The van der Waals surface area contributed by atoms with Crippen LogP contribution in [0.1, 0.15) is 12.8 Å². The van der Waals surface area contributed by atoms with Crippen molar-refractivity contribution in [2.45, 2.75) is 17.7 Å². The second-order valence-corrected chi connectivity index (χ2v) is 6.58. The molecule has 2 rings (SSSR count). The van der Waals surface area contributed by atoms with Gasteiger partial charge in [-0.25, -0.2) is 13.1 Å². The lowest BCUT2D eigenvalue weighted by Gasteiger charge is -2.22. The number of sulfonamides is 1. The fourth-order valence-corrected chi connectivity index (χ4v) is 3.27. The molecule has 7 nitrogen and oxygen atoms in total. The van der Waals surface area contributed by atoms with E-state index < -0.39 is 14.9 Å². The highest BCUT2D eigenvalue weighted by molar-refractivity contribution is 7.89. The molecule has 1 atom stereocenters. The molecule has 8 heteroatoms. The molecule has 2 N–H and O–H groups in total. The smallest absolute Gasteiger partial charge is 0.269 e. The minimum atomic E-state index is -3.60. The van der Waals surface area contributed by atoms with E-state index in [9.17, 15) is 18.5 Å². The van der Waals surface area contributed by atoms with Gasteiger partial charge in [0.15, 0.2) is 0 Å². The Labute approximate surface area is 117 Å². The quantitative estimate of drug-likeness (QED) is 0.620. The average Bonchev–Trinajstić information content (AvgIpc) is 2.46. The molecular formula is C12H17N3O4S. The molecule has 0 radical (unpaired) electrons. The van der Waals surface area contributed by atoms with Crippen LogP contribution in [0.2, 0.25) is 0 Å². The SMILES string of the molecule is O=[N+]([O-])c1ccc(S(=O)(=O)NCC2CCCNC2)cc1.